The first-order chi connectivity index (χ1) is 5.79. The summed E-state index contributed by atoms with van der Waals surface area (Å²) in [4.78, 5) is 4.18. The van der Waals surface area contributed by atoms with Gasteiger partial charge in [-0.1, -0.05) is 0 Å². The number of fused-ring (bicyclic) bond motifs is 1. The second-order valence-electron chi connectivity index (χ2n) is 2.44. The van der Waals surface area contributed by atoms with Gasteiger partial charge in [0.15, 0.2) is 5.65 Å². The summed E-state index contributed by atoms with van der Waals surface area (Å²) in [6.45, 7) is 1.89. The summed E-state index contributed by atoms with van der Waals surface area (Å²) in [6.07, 6.45) is 1.79. The Hall–Kier alpha value is -1.36. The average Bonchev–Trinajstić information content (AvgIpc) is 2.43. The number of aromatic nitrogens is 3. The van der Waals surface area contributed by atoms with E-state index >= 15 is 0 Å². The third-order valence-electron chi connectivity index (χ3n) is 1.50. The molecule has 0 fully saturated rings. The molecule has 2 aromatic heterocycles. The van der Waals surface area contributed by atoms with E-state index in [-0.39, 0.29) is 0 Å². The molecule has 0 saturated heterocycles. The molecule has 0 atom stereocenters. The van der Waals surface area contributed by atoms with Crippen LogP contribution < -0.4 is 0 Å². The SMILES string of the molecule is Cc1cn2nc([S+]=O)ccc2n1. The molecule has 0 aliphatic rings. The van der Waals surface area contributed by atoms with Crippen LogP contribution in [0.4, 0.5) is 0 Å². The third-order valence-corrected chi connectivity index (χ3v) is 1.89. The molecular formula is C7H6N3OS+. The first-order valence-corrected chi connectivity index (χ1v) is 4.16. The molecular weight excluding hydrogens is 174 g/mol. The van der Waals surface area contributed by atoms with Crippen molar-refractivity contribution in [1.82, 2.24) is 14.6 Å². The van der Waals surface area contributed by atoms with E-state index < -0.39 is 0 Å². The first kappa shape index (κ1) is 7.30. The second-order valence-corrected chi connectivity index (χ2v) is 3.02. The lowest BCUT2D eigenvalue weighted by Gasteiger charge is -1.84. The van der Waals surface area contributed by atoms with Crippen LogP contribution in [0.25, 0.3) is 5.65 Å². The molecule has 2 aromatic rings. The van der Waals surface area contributed by atoms with Gasteiger partial charge in [-0.3, -0.25) is 0 Å². The molecule has 0 saturated carbocycles. The van der Waals surface area contributed by atoms with E-state index in [0.717, 1.165) is 11.3 Å². The minimum absolute atomic E-state index is 0.383. The molecule has 0 radical (unpaired) electrons. The van der Waals surface area contributed by atoms with Crippen molar-refractivity contribution in [3.8, 4) is 0 Å². The predicted molar refractivity (Wildman–Crippen MR) is 44.0 cm³/mol. The fourth-order valence-electron chi connectivity index (χ4n) is 1.03. The minimum atomic E-state index is 0.383. The van der Waals surface area contributed by atoms with Crippen LogP contribution >= 0.6 is 0 Å². The summed E-state index contributed by atoms with van der Waals surface area (Å²) in [5, 5.41) is 4.48. The monoisotopic (exact) mass is 180 g/mol. The van der Waals surface area contributed by atoms with Gasteiger partial charge in [-0.05, 0) is 13.0 Å². The Labute approximate surface area is 72.7 Å². The second kappa shape index (κ2) is 2.60. The molecule has 2 heterocycles. The Kier molecular flexibility index (Phi) is 1.58. The van der Waals surface area contributed by atoms with Crippen molar-refractivity contribution in [1.29, 1.82) is 0 Å². The predicted octanol–water partition coefficient (Wildman–Crippen LogP) is 0.825. The van der Waals surface area contributed by atoms with Gasteiger partial charge in [0, 0.05) is 10.3 Å². The molecule has 60 valence electrons. The molecule has 0 N–H and O–H groups in total. The van der Waals surface area contributed by atoms with Gasteiger partial charge >= 0.3 is 16.7 Å². The van der Waals surface area contributed by atoms with Crippen LogP contribution in [0.1, 0.15) is 5.69 Å². The van der Waals surface area contributed by atoms with E-state index in [0.29, 0.717) is 16.7 Å². The third kappa shape index (κ3) is 1.08. The number of hydrogen-bond donors (Lipinski definition) is 0. The normalized spacial score (nSPS) is 10.4. The van der Waals surface area contributed by atoms with E-state index in [1.807, 2.05) is 6.92 Å². The molecule has 5 heteroatoms. The van der Waals surface area contributed by atoms with Gasteiger partial charge in [0.1, 0.15) is 0 Å². The van der Waals surface area contributed by atoms with Crippen LogP contribution in [0.15, 0.2) is 23.4 Å². The summed E-state index contributed by atoms with van der Waals surface area (Å²) < 4.78 is 12.0. The Morgan fingerprint density at radius 1 is 1.50 bits per heavy atom. The molecule has 0 aromatic carbocycles. The quantitative estimate of drug-likeness (QED) is 0.610. The number of imidazole rings is 1. The van der Waals surface area contributed by atoms with Crippen molar-refractivity contribution >= 4 is 17.3 Å². The summed E-state index contributed by atoms with van der Waals surface area (Å²) in [6, 6.07) is 3.44. The van der Waals surface area contributed by atoms with Crippen molar-refractivity contribution in [3.63, 3.8) is 0 Å². The van der Waals surface area contributed by atoms with Crippen molar-refractivity contribution in [2.45, 2.75) is 11.9 Å². The Balaban J connectivity index is 2.74. The van der Waals surface area contributed by atoms with Gasteiger partial charge in [0.2, 0.25) is 0 Å². The van der Waals surface area contributed by atoms with E-state index in [1.165, 1.54) is 0 Å². The number of aryl methyl sites for hydroxylation is 1. The fourth-order valence-corrected chi connectivity index (χ4v) is 1.27. The molecule has 0 aliphatic carbocycles. The minimum Gasteiger partial charge on any atom is -0.232 e. The molecule has 12 heavy (non-hydrogen) atoms. The molecule has 0 unspecified atom stereocenters. The lowest BCUT2D eigenvalue weighted by Crippen LogP contribution is -1.91. The summed E-state index contributed by atoms with van der Waals surface area (Å²) in [7, 11) is 0. The highest BCUT2D eigenvalue weighted by atomic mass is 32.1. The fraction of sp³-hybridized carbons (Fsp3) is 0.143. The van der Waals surface area contributed by atoms with Gasteiger partial charge in [0.25, 0.3) is 0 Å². The van der Waals surface area contributed by atoms with Gasteiger partial charge in [-0.25, -0.2) is 9.50 Å². The highest BCUT2D eigenvalue weighted by Gasteiger charge is 2.09. The van der Waals surface area contributed by atoms with E-state index in [2.05, 4.69) is 10.1 Å². The lowest BCUT2D eigenvalue weighted by atomic mass is 10.6. The molecule has 0 spiro atoms. The van der Waals surface area contributed by atoms with Crippen molar-refractivity contribution < 1.29 is 4.21 Å². The van der Waals surface area contributed by atoms with Crippen LogP contribution in [0.2, 0.25) is 0 Å². The molecule has 0 bridgehead atoms. The highest BCUT2D eigenvalue weighted by Crippen LogP contribution is 2.03. The zero-order chi connectivity index (χ0) is 8.55. The molecule has 4 nitrogen and oxygen atoms in total. The maximum atomic E-state index is 10.4. The van der Waals surface area contributed by atoms with Gasteiger partial charge in [-0.2, -0.15) is 0 Å². The largest absolute Gasteiger partial charge is 0.528 e. The summed E-state index contributed by atoms with van der Waals surface area (Å²) in [5.41, 5.74) is 1.67. The van der Waals surface area contributed by atoms with Crippen LogP contribution in [-0.4, -0.2) is 14.6 Å². The van der Waals surface area contributed by atoms with Gasteiger partial charge in [0.05, 0.1) is 11.9 Å². The molecule has 0 aliphatic heterocycles. The van der Waals surface area contributed by atoms with Crippen molar-refractivity contribution in [2.75, 3.05) is 0 Å². The first-order valence-electron chi connectivity index (χ1n) is 3.42. The Morgan fingerprint density at radius 2 is 2.33 bits per heavy atom. The van der Waals surface area contributed by atoms with E-state index in [4.69, 9.17) is 0 Å². The van der Waals surface area contributed by atoms with Gasteiger partial charge in [-0.15, -0.1) is 5.10 Å². The smallest absolute Gasteiger partial charge is 0.232 e. The molecule has 2 rings (SSSR count). The maximum Gasteiger partial charge on any atom is 0.528 e. The number of hydrogen-bond acceptors (Lipinski definition) is 3. The standard InChI is InChI=1S/C7H6N3OS/c1-5-4-10-6(8-5)2-3-7(9-10)12-11/h2-4H,1H3/q+1. The number of nitrogens with zero attached hydrogens (tertiary/aromatic N) is 3. The molecule has 0 amide bonds. The zero-order valence-electron chi connectivity index (χ0n) is 6.39. The summed E-state index contributed by atoms with van der Waals surface area (Å²) in [5.74, 6) is 0. The van der Waals surface area contributed by atoms with Crippen LogP contribution in [0, 0.1) is 6.92 Å². The van der Waals surface area contributed by atoms with Crippen LogP contribution in [0.3, 0.4) is 0 Å². The Bertz CT molecular complexity index is 437. The highest BCUT2D eigenvalue weighted by molar-refractivity contribution is 7.65. The van der Waals surface area contributed by atoms with Crippen molar-refractivity contribution in [3.05, 3.63) is 24.0 Å². The average molecular weight is 180 g/mol. The van der Waals surface area contributed by atoms with Crippen LogP contribution in [0.5, 0.6) is 0 Å². The van der Waals surface area contributed by atoms with Gasteiger partial charge < -0.3 is 0 Å². The van der Waals surface area contributed by atoms with Crippen LogP contribution in [-0.2, 0) is 15.9 Å². The van der Waals surface area contributed by atoms with E-state index in [1.54, 1.807) is 22.8 Å². The maximum absolute atomic E-state index is 10.4. The summed E-state index contributed by atoms with van der Waals surface area (Å²) >= 11 is 0.383. The van der Waals surface area contributed by atoms with Crippen molar-refractivity contribution in [2.24, 2.45) is 0 Å². The van der Waals surface area contributed by atoms with E-state index in [9.17, 15) is 4.21 Å². The lowest BCUT2D eigenvalue weighted by molar-refractivity contribution is 0.601. The topological polar surface area (TPSA) is 47.3 Å². The zero-order valence-corrected chi connectivity index (χ0v) is 7.21. The Morgan fingerprint density at radius 3 is 3.08 bits per heavy atom. The number of rotatable bonds is 1.